The molecule has 2 aromatic carbocycles. The standard InChI is InChI=1S/C34H44ClN3O4S/c1-23(33(40)36-30-8-3-4-9-30)37(21-24-6-5-7-29(35)17-24)32(39)22-38(43(2,41)42)31-12-10-28(11-13-31)34-18-25-14-26(19-34)16-27(15-25)20-34/h5-7,10-13,17,23,25-27,30H,3-4,8-9,14-16,18-22H2,1-2H3,(H,36,40). The van der Waals surface area contributed by atoms with Crippen LogP contribution in [0.5, 0.6) is 0 Å². The van der Waals surface area contributed by atoms with Crippen LogP contribution in [0.25, 0.3) is 0 Å². The van der Waals surface area contributed by atoms with Crippen LogP contribution in [0.15, 0.2) is 48.5 Å². The minimum Gasteiger partial charge on any atom is -0.352 e. The molecule has 0 aromatic heterocycles. The zero-order valence-corrected chi connectivity index (χ0v) is 26.9. The van der Waals surface area contributed by atoms with E-state index in [1.807, 2.05) is 18.2 Å². The zero-order chi connectivity index (χ0) is 30.4. The van der Waals surface area contributed by atoms with E-state index in [1.165, 1.54) is 53.3 Å². The van der Waals surface area contributed by atoms with Crippen molar-refractivity contribution in [3.8, 4) is 0 Å². The third-order valence-corrected chi connectivity index (χ3v) is 12.0. The van der Waals surface area contributed by atoms with E-state index >= 15 is 0 Å². The Hall–Kier alpha value is -2.58. The molecule has 0 heterocycles. The summed E-state index contributed by atoms with van der Waals surface area (Å²) in [6, 6.07) is 14.4. The molecule has 1 N–H and O–H groups in total. The van der Waals surface area contributed by atoms with Gasteiger partial charge in [0.2, 0.25) is 21.8 Å². The summed E-state index contributed by atoms with van der Waals surface area (Å²) < 4.78 is 27.4. The molecule has 9 heteroatoms. The number of hydrogen-bond donors (Lipinski definition) is 1. The quantitative estimate of drug-likeness (QED) is 0.348. The van der Waals surface area contributed by atoms with Crippen molar-refractivity contribution < 1.29 is 18.0 Å². The molecule has 5 aliphatic rings. The first-order valence-electron chi connectivity index (χ1n) is 15.9. The molecule has 43 heavy (non-hydrogen) atoms. The van der Waals surface area contributed by atoms with Crippen LogP contribution in [0.1, 0.15) is 82.3 Å². The van der Waals surface area contributed by atoms with Gasteiger partial charge in [0, 0.05) is 17.6 Å². The van der Waals surface area contributed by atoms with Crippen LogP contribution in [0.2, 0.25) is 5.02 Å². The Morgan fingerprint density at radius 3 is 2.14 bits per heavy atom. The number of carbonyl (C=O) groups excluding carboxylic acids is 2. The minimum absolute atomic E-state index is 0.109. The fourth-order valence-corrected chi connectivity index (χ4v) is 9.93. The number of nitrogens with zero attached hydrogens (tertiary/aromatic N) is 2. The lowest BCUT2D eigenvalue weighted by atomic mass is 9.48. The number of rotatable bonds is 10. The average molecular weight is 626 g/mol. The number of sulfonamides is 1. The molecule has 4 bridgehead atoms. The Morgan fingerprint density at radius 2 is 1.58 bits per heavy atom. The monoisotopic (exact) mass is 625 g/mol. The Morgan fingerprint density at radius 1 is 0.977 bits per heavy atom. The highest BCUT2D eigenvalue weighted by Crippen LogP contribution is 2.60. The van der Waals surface area contributed by atoms with Gasteiger partial charge in [-0.1, -0.05) is 48.7 Å². The molecule has 1 unspecified atom stereocenters. The molecule has 5 saturated carbocycles. The van der Waals surface area contributed by atoms with Crippen LogP contribution in [0, 0.1) is 17.8 Å². The lowest BCUT2D eigenvalue weighted by Crippen LogP contribution is -2.52. The van der Waals surface area contributed by atoms with Crippen molar-refractivity contribution in [1.29, 1.82) is 0 Å². The highest BCUT2D eigenvalue weighted by molar-refractivity contribution is 7.92. The second-order valence-corrected chi connectivity index (χ2v) is 16.2. The predicted octanol–water partition coefficient (Wildman–Crippen LogP) is 6.05. The number of carbonyl (C=O) groups is 2. The largest absolute Gasteiger partial charge is 0.352 e. The second kappa shape index (κ2) is 12.1. The summed E-state index contributed by atoms with van der Waals surface area (Å²) in [4.78, 5) is 28.7. The molecule has 2 amide bonds. The summed E-state index contributed by atoms with van der Waals surface area (Å²) in [7, 11) is -3.78. The van der Waals surface area contributed by atoms with Gasteiger partial charge < -0.3 is 10.2 Å². The number of benzene rings is 2. The van der Waals surface area contributed by atoms with Gasteiger partial charge in [0.05, 0.1) is 11.9 Å². The third kappa shape index (κ3) is 6.60. The fraction of sp³-hybridized carbons (Fsp3) is 0.588. The maximum atomic E-state index is 13.9. The lowest BCUT2D eigenvalue weighted by Gasteiger charge is -2.57. The number of nitrogens with one attached hydrogen (secondary N) is 1. The normalized spacial score (nSPS) is 27.2. The lowest BCUT2D eigenvalue weighted by molar-refractivity contribution is -0.139. The van der Waals surface area contributed by atoms with E-state index < -0.39 is 28.5 Å². The summed E-state index contributed by atoms with van der Waals surface area (Å²) in [6.07, 6.45) is 12.9. The molecule has 0 radical (unpaired) electrons. The summed E-state index contributed by atoms with van der Waals surface area (Å²) in [5.74, 6) is 1.77. The van der Waals surface area contributed by atoms with Crippen LogP contribution in [0.3, 0.4) is 0 Å². The molecule has 0 saturated heterocycles. The van der Waals surface area contributed by atoms with Gasteiger partial charge in [-0.2, -0.15) is 0 Å². The van der Waals surface area contributed by atoms with Crippen molar-refractivity contribution in [1.82, 2.24) is 10.2 Å². The van der Waals surface area contributed by atoms with E-state index in [4.69, 9.17) is 11.6 Å². The van der Waals surface area contributed by atoms with E-state index in [-0.39, 0.29) is 23.9 Å². The van der Waals surface area contributed by atoms with Crippen molar-refractivity contribution in [2.45, 2.75) is 95.2 Å². The molecule has 7 nitrogen and oxygen atoms in total. The van der Waals surface area contributed by atoms with Crippen LogP contribution in [0.4, 0.5) is 5.69 Å². The molecule has 0 aliphatic heterocycles. The van der Waals surface area contributed by atoms with Crippen molar-refractivity contribution in [3.63, 3.8) is 0 Å². The Balaban J connectivity index is 1.23. The van der Waals surface area contributed by atoms with E-state index in [9.17, 15) is 18.0 Å². The molecule has 7 rings (SSSR count). The topological polar surface area (TPSA) is 86.8 Å². The maximum absolute atomic E-state index is 13.9. The average Bonchev–Trinajstić information content (AvgIpc) is 3.46. The van der Waals surface area contributed by atoms with E-state index in [0.717, 1.165) is 55.3 Å². The van der Waals surface area contributed by atoms with Crippen LogP contribution in [-0.2, 0) is 31.6 Å². The highest BCUT2D eigenvalue weighted by Gasteiger charge is 2.51. The highest BCUT2D eigenvalue weighted by atomic mass is 35.5. The molecule has 232 valence electrons. The Bertz CT molecular complexity index is 1420. The van der Waals surface area contributed by atoms with Crippen LogP contribution >= 0.6 is 11.6 Å². The first kappa shape index (κ1) is 30.4. The van der Waals surface area contributed by atoms with Gasteiger partial charge in [0.25, 0.3) is 0 Å². The summed E-state index contributed by atoms with van der Waals surface area (Å²) in [5, 5.41) is 3.63. The number of hydrogen-bond acceptors (Lipinski definition) is 4. The molecular formula is C34H44ClN3O4S. The van der Waals surface area contributed by atoms with E-state index in [1.54, 1.807) is 25.1 Å². The summed E-state index contributed by atoms with van der Waals surface area (Å²) in [6.45, 7) is 1.45. The number of anilines is 1. The van der Waals surface area contributed by atoms with Gasteiger partial charge in [-0.05, 0) is 117 Å². The van der Waals surface area contributed by atoms with Crippen LogP contribution < -0.4 is 9.62 Å². The van der Waals surface area contributed by atoms with Gasteiger partial charge in [0.15, 0.2) is 0 Å². The Kier molecular flexibility index (Phi) is 8.55. The van der Waals surface area contributed by atoms with Crippen molar-refractivity contribution in [2.75, 3.05) is 17.1 Å². The van der Waals surface area contributed by atoms with Crippen molar-refractivity contribution >= 4 is 39.1 Å². The van der Waals surface area contributed by atoms with Crippen molar-refractivity contribution in [3.05, 3.63) is 64.7 Å². The van der Waals surface area contributed by atoms with Gasteiger partial charge in [-0.25, -0.2) is 8.42 Å². The minimum atomic E-state index is -3.78. The first-order valence-corrected chi connectivity index (χ1v) is 18.1. The smallest absolute Gasteiger partial charge is 0.244 e. The molecule has 0 spiro atoms. The second-order valence-electron chi connectivity index (χ2n) is 13.8. The number of amides is 2. The first-order chi connectivity index (χ1) is 20.5. The maximum Gasteiger partial charge on any atom is 0.244 e. The van der Waals surface area contributed by atoms with E-state index in [2.05, 4.69) is 17.4 Å². The molecule has 1 atom stereocenters. The number of halogens is 1. The molecular weight excluding hydrogens is 582 g/mol. The third-order valence-electron chi connectivity index (χ3n) is 10.6. The molecule has 5 fully saturated rings. The van der Waals surface area contributed by atoms with E-state index in [0.29, 0.717) is 10.7 Å². The summed E-state index contributed by atoms with van der Waals surface area (Å²) >= 11 is 6.23. The van der Waals surface area contributed by atoms with Gasteiger partial charge in [-0.15, -0.1) is 0 Å². The molecule has 2 aromatic rings. The Labute approximate surface area is 261 Å². The van der Waals surface area contributed by atoms with Crippen LogP contribution in [-0.4, -0.2) is 50.0 Å². The molecule has 5 aliphatic carbocycles. The fourth-order valence-electron chi connectivity index (χ4n) is 8.87. The van der Waals surface area contributed by atoms with Crippen molar-refractivity contribution in [2.24, 2.45) is 17.8 Å². The zero-order valence-electron chi connectivity index (χ0n) is 25.3. The predicted molar refractivity (Wildman–Crippen MR) is 170 cm³/mol. The summed E-state index contributed by atoms with van der Waals surface area (Å²) in [5.41, 5.74) is 2.74. The van der Waals surface area contributed by atoms with Gasteiger partial charge >= 0.3 is 0 Å². The van der Waals surface area contributed by atoms with Gasteiger partial charge in [0.1, 0.15) is 12.6 Å². The SMILES string of the molecule is CC(C(=O)NC1CCCC1)N(Cc1cccc(Cl)c1)C(=O)CN(c1ccc(C23CC4CC(CC(C4)C2)C3)cc1)S(C)(=O)=O. The van der Waals surface area contributed by atoms with Gasteiger partial charge in [-0.3, -0.25) is 13.9 Å².